The summed E-state index contributed by atoms with van der Waals surface area (Å²) in [5, 5.41) is 7.67. The molecule has 0 fully saturated rings. The molecular weight excluding hydrogens is 579 g/mol. The van der Waals surface area contributed by atoms with Crippen molar-refractivity contribution < 1.29 is 0 Å². The van der Waals surface area contributed by atoms with Gasteiger partial charge in [-0.25, -0.2) is 0 Å². The van der Waals surface area contributed by atoms with Crippen LogP contribution in [-0.4, -0.2) is 4.57 Å². The minimum atomic E-state index is -0.0630. The first-order valence-electron chi connectivity index (χ1n) is 16.9. The topological polar surface area (TPSA) is 4.93 Å². The second-order valence-electron chi connectivity index (χ2n) is 13.7. The van der Waals surface area contributed by atoms with Crippen LogP contribution < -0.4 is 0 Å². The van der Waals surface area contributed by atoms with Crippen molar-refractivity contribution in [3.05, 3.63) is 175 Å². The van der Waals surface area contributed by atoms with Crippen LogP contribution in [0.4, 0.5) is 0 Å². The first-order chi connectivity index (χ1) is 23.6. The molecule has 10 rings (SSSR count). The average molecular weight is 612 g/mol. The highest BCUT2D eigenvalue weighted by atomic mass is 15.0. The Morgan fingerprint density at radius 3 is 1.85 bits per heavy atom. The zero-order chi connectivity index (χ0) is 32.0. The Morgan fingerprint density at radius 1 is 0.375 bits per heavy atom. The van der Waals surface area contributed by atoms with Gasteiger partial charge in [-0.05, 0) is 102 Å². The Hall–Kier alpha value is -5.92. The molecule has 0 N–H and O–H groups in total. The van der Waals surface area contributed by atoms with E-state index in [-0.39, 0.29) is 5.41 Å². The Kier molecular flexibility index (Phi) is 5.69. The molecule has 0 bridgehead atoms. The number of benzene rings is 8. The molecular formula is C47H33N. The van der Waals surface area contributed by atoms with E-state index in [1.54, 1.807) is 0 Å². The van der Waals surface area contributed by atoms with Crippen LogP contribution in [0.15, 0.2) is 164 Å². The summed E-state index contributed by atoms with van der Waals surface area (Å²) in [6.45, 7) is 4.74. The van der Waals surface area contributed by atoms with E-state index in [0.717, 1.165) is 0 Å². The van der Waals surface area contributed by atoms with Gasteiger partial charge in [0.15, 0.2) is 0 Å². The first kappa shape index (κ1) is 27.2. The van der Waals surface area contributed by atoms with Gasteiger partial charge >= 0.3 is 0 Å². The van der Waals surface area contributed by atoms with E-state index >= 15 is 0 Å². The van der Waals surface area contributed by atoms with Crippen molar-refractivity contribution in [3.63, 3.8) is 0 Å². The van der Waals surface area contributed by atoms with E-state index in [1.165, 1.54) is 93.5 Å². The highest BCUT2D eigenvalue weighted by Crippen LogP contribution is 2.51. The molecule has 0 spiro atoms. The lowest BCUT2D eigenvalue weighted by Crippen LogP contribution is -2.14. The molecule has 226 valence electrons. The number of fused-ring (bicyclic) bond motifs is 8. The Balaban J connectivity index is 1.23. The van der Waals surface area contributed by atoms with Crippen LogP contribution in [0.3, 0.4) is 0 Å². The van der Waals surface area contributed by atoms with Crippen LogP contribution in [-0.2, 0) is 5.41 Å². The third-order valence-electron chi connectivity index (χ3n) is 10.8. The van der Waals surface area contributed by atoms with Crippen molar-refractivity contribution in [1.29, 1.82) is 0 Å². The Labute approximate surface area is 280 Å². The zero-order valence-electron chi connectivity index (χ0n) is 27.0. The third-order valence-corrected chi connectivity index (χ3v) is 10.8. The van der Waals surface area contributed by atoms with E-state index in [2.05, 4.69) is 182 Å². The van der Waals surface area contributed by atoms with Gasteiger partial charge in [-0.3, -0.25) is 0 Å². The van der Waals surface area contributed by atoms with Crippen molar-refractivity contribution in [1.82, 2.24) is 4.57 Å². The van der Waals surface area contributed by atoms with Gasteiger partial charge < -0.3 is 4.57 Å². The van der Waals surface area contributed by atoms with Crippen molar-refractivity contribution in [2.24, 2.45) is 0 Å². The molecule has 8 aromatic carbocycles. The van der Waals surface area contributed by atoms with Gasteiger partial charge in [-0.2, -0.15) is 0 Å². The summed E-state index contributed by atoms with van der Waals surface area (Å²) in [6.07, 6.45) is 0. The predicted octanol–water partition coefficient (Wildman–Crippen LogP) is 12.7. The van der Waals surface area contributed by atoms with Crippen molar-refractivity contribution in [2.45, 2.75) is 19.3 Å². The number of nitrogens with zero attached hydrogens (tertiary/aromatic N) is 1. The van der Waals surface area contributed by atoms with Gasteiger partial charge in [0.05, 0.1) is 11.0 Å². The second-order valence-corrected chi connectivity index (χ2v) is 13.7. The Morgan fingerprint density at radius 2 is 1.00 bits per heavy atom. The second kappa shape index (κ2) is 10.0. The molecule has 1 aliphatic carbocycles. The van der Waals surface area contributed by atoms with Crippen molar-refractivity contribution in [2.75, 3.05) is 0 Å². The maximum absolute atomic E-state index is 2.48. The normalized spacial score (nSPS) is 13.4. The van der Waals surface area contributed by atoms with Crippen LogP contribution in [0.2, 0.25) is 0 Å². The lowest BCUT2D eigenvalue weighted by Gasteiger charge is -2.21. The van der Waals surface area contributed by atoms with Crippen molar-refractivity contribution >= 4 is 43.4 Å². The largest absolute Gasteiger partial charge is 0.309 e. The molecule has 1 heterocycles. The standard InChI is InChI=1S/C47H33N/c1-47(2)43-22-11-10-20-39(43)40-29-46-42(28-44(40)47)41-27-31(23-26-45(41)48(46)32-15-4-3-5-16-32)34-24-25-38(37-19-9-8-18-35(34)37)36-21-12-14-30-13-6-7-17-33(30)36/h3-29H,1-2H3. The fourth-order valence-corrected chi connectivity index (χ4v) is 8.48. The minimum absolute atomic E-state index is 0.0630. The minimum Gasteiger partial charge on any atom is -0.309 e. The molecule has 48 heavy (non-hydrogen) atoms. The van der Waals surface area contributed by atoms with Crippen LogP contribution in [0.1, 0.15) is 25.0 Å². The highest BCUT2D eigenvalue weighted by molar-refractivity contribution is 6.14. The van der Waals surface area contributed by atoms with Gasteiger partial charge in [0.25, 0.3) is 0 Å². The third kappa shape index (κ3) is 3.79. The quantitative estimate of drug-likeness (QED) is 0.187. The monoisotopic (exact) mass is 611 g/mol. The van der Waals surface area contributed by atoms with E-state index in [4.69, 9.17) is 0 Å². The average Bonchev–Trinajstić information content (AvgIpc) is 3.58. The fourth-order valence-electron chi connectivity index (χ4n) is 8.48. The van der Waals surface area contributed by atoms with Gasteiger partial charge in [-0.15, -0.1) is 0 Å². The van der Waals surface area contributed by atoms with E-state index in [9.17, 15) is 0 Å². The maximum atomic E-state index is 2.48. The van der Waals surface area contributed by atoms with Crippen LogP contribution >= 0.6 is 0 Å². The first-order valence-corrected chi connectivity index (χ1v) is 16.9. The maximum Gasteiger partial charge on any atom is 0.0547 e. The molecule has 0 amide bonds. The van der Waals surface area contributed by atoms with Crippen LogP contribution in [0, 0.1) is 0 Å². The molecule has 1 nitrogen and oxygen atoms in total. The SMILES string of the molecule is CC1(C)c2ccccc2-c2cc3c(cc21)c1cc(-c2ccc(-c4cccc5ccccc45)c4ccccc24)ccc1n3-c1ccccc1. The lowest BCUT2D eigenvalue weighted by molar-refractivity contribution is 0.661. The summed E-state index contributed by atoms with van der Waals surface area (Å²) in [5.74, 6) is 0. The molecule has 1 aliphatic rings. The lowest BCUT2D eigenvalue weighted by atomic mass is 9.82. The van der Waals surface area contributed by atoms with E-state index in [0.29, 0.717) is 0 Å². The fraction of sp³-hybridized carbons (Fsp3) is 0.0638. The number of rotatable bonds is 3. The molecule has 0 saturated heterocycles. The zero-order valence-corrected chi connectivity index (χ0v) is 27.0. The van der Waals surface area contributed by atoms with E-state index in [1.807, 2.05) is 0 Å². The summed E-state index contributed by atoms with van der Waals surface area (Å²) in [6, 6.07) is 60.6. The number of hydrogen-bond acceptors (Lipinski definition) is 0. The van der Waals surface area contributed by atoms with Crippen LogP contribution in [0.25, 0.3) is 82.4 Å². The summed E-state index contributed by atoms with van der Waals surface area (Å²) < 4.78 is 2.45. The molecule has 0 aliphatic heterocycles. The molecule has 0 unspecified atom stereocenters. The van der Waals surface area contributed by atoms with Gasteiger partial charge in [-0.1, -0.05) is 141 Å². The predicted molar refractivity (Wildman–Crippen MR) is 204 cm³/mol. The van der Waals surface area contributed by atoms with E-state index < -0.39 is 0 Å². The number of para-hydroxylation sites is 1. The highest BCUT2D eigenvalue weighted by Gasteiger charge is 2.36. The van der Waals surface area contributed by atoms with Gasteiger partial charge in [0.1, 0.15) is 0 Å². The molecule has 1 heteroatoms. The molecule has 0 saturated carbocycles. The van der Waals surface area contributed by atoms with Crippen molar-refractivity contribution in [3.8, 4) is 39.1 Å². The van der Waals surface area contributed by atoms with Gasteiger partial charge in [0.2, 0.25) is 0 Å². The van der Waals surface area contributed by atoms with Gasteiger partial charge in [0, 0.05) is 21.9 Å². The molecule has 9 aromatic rings. The summed E-state index contributed by atoms with van der Waals surface area (Å²) in [5.41, 5.74) is 14.1. The molecule has 0 radical (unpaired) electrons. The number of aromatic nitrogens is 1. The molecule has 1 aromatic heterocycles. The molecule has 0 atom stereocenters. The summed E-state index contributed by atoms with van der Waals surface area (Å²) in [7, 11) is 0. The summed E-state index contributed by atoms with van der Waals surface area (Å²) in [4.78, 5) is 0. The summed E-state index contributed by atoms with van der Waals surface area (Å²) >= 11 is 0. The smallest absolute Gasteiger partial charge is 0.0547 e. The number of hydrogen-bond donors (Lipinski definition) is 0. The van der Waals surface area contributed by atoms with Crippen LogP contribution in [0.5, 0.6) is 0 Å². The Bertz CT molecular complexity index is 2740.